The van der Waals surface area contributed by atoms with E-state index in [1.807, 2.05) is 0 Å². The number of nitrogens with one attached hydrogen (secondary N) is 1. The van der Waals surface area contributed by atoms with E-state index in [1.165, 1.54) is 12.3 Å². The van der Waals surface area contributed by atoms with Crippen LogP contribution < -0.4 is 40.0 Å². The molecular formula is C19H18N3NaO9S. The first kappa shape index (κ1) is 26.5. The summed E-state index contributed by atoms with van der Waals surface area (Å²) in [7, 11) is -4.05. The second kappa shape index (κ2) is 10.9. The standard InChI is InChI=1S/C19H19N3O9S.Na/c1-2-30-14(23)8-21-19(27)31-9-11-10-32(28,29)17-13(7-12-5-3-4-6-20-12)16(24)22(17)15(11)18(25)26;/h3-7,17H,2,8-10H2,1H3,(H,21,27)(H,25,26);/q;+1/p-1/b13-7-;/t17-;/m1./s1. The molecule has 170 valence electrons. The van der Waals surface area contributed by atoms with Crippen molar-refractivity contribution in [2.45, 2.75) is 12.3 Å². The third-order valence-electron chi connectivity index (χ3n) is 4.50. The Kier molecular flexibility index (Phi) is 8.77. The number of β-lactam (4-membered cyclic amide) rings is 1. The van der Waals surface area contributed by atoms with Crippen LogP contribution in [0.25, 0.3) is 6.08 Å². The molecule has 1 saturated heterocycles. The Hall–Kier alpha value is -2.74. The quantitative estimate of drug-likeness (QED) is 0.171. The number of pyridine rings is 1. The Balaban J connectivity index is 0.00000385. The van der Waals surface area contributed by atoms with Crippen LogP contribution in [0.3, 0.4) is 0 Å². The van der Waals surface area contributed by atoms with Gasteiger partial charge in [0.25, 0.3) is 5.91 Å². The number of hydrogen-bond acceptors (Lipinski definition) is 10. The molecule has 0 aromatic carbocycles. The molecule has 2 amide bonds. The zero-order chi connectivity index (χ0) is 23.5. The normalized spacial score (nSPS) is 19.7. The van der Waals surface area contributed by atoms with Gasteiger partial charge in [-0.25, -0.2) is 13.2 Å². The number of sulfone groups is 1. The van der Waals surface area contributed by atoms with E-state index in [4.69, 9.17) is 4.74 Å². The van der Waals surface area contributed by atoms with Gasteiger partial charge in [-0.05, 0) is 25.1 Å². The van der Waals surface area contributed by atoms with Gasteiger partial charge in [0.15, 0.2) is 15.2 Å². The van der Waals surface area contributed by atoms with E-state index in [2.05, 4.69) is 15.0 Å². The van der Waals surface area contributed by atoms with Gasteiger partial charge in [-0.3, -0.25) is 19.5 Å². The Morgan fingerprint density at radius 2 is 2.03 bits per heavy atom. The van der Waals surface area contributed by atoms with Crippen molar-refractivity contribution < 1.29 is 71.7 Å². The van der Waals surface area contributed by atoms with E-state index in [0.29, 0.717) is 10.6 Å². The van der Waals surface area contributed by atoms with Crippen LogP contribution in [0.4, 0.5) is 4.79 Å². The SMILES string of the molecule is CCOC(=O)CNC(=O)OCC1=C(C(=O)[O-])N2C(=O)/C(=C/c3ccccn3)[C@H]2S(=O)(=O)C1.[Na+]. The van der Waals surface area contributed by atoms with Crippen molar-refractivity contribution in [3.05, 3.63) is 46.9 Å². The summed E-state index contributed by atoms with van der Waals surface area (Å²) < 4.78 is 35.0. The first-order valence-corrected chi connectivity index (χ1v) is 11.0. The van der Waals surface area contributed by atoms with Gasteiger partial charge in [0.05, 0.1) is 35.3 Å². The maximum Gasteiger partial charge on any atom is 1.00 e. The number of carbonyl (C=O) groups excluding carboxylic acids is 4. The predicted octanol–water partition coefficient (Wildman–Crippen LogP) is -4.64. The number of alkyl carbamates (subject to hydrolysis) is 1. The molecule has 1 fully saturated rings. The number of hydrogen-bond donors (Lipinski definition) is 1. The minimum atomic E-state index is -4.05. The van der Waals surface area contributed by atoms with E-state index in [1.54, 1.807) is 25.1 Å². The molecule has 14 heteroatoms. The predicted molar refractivity (Wildman–Crippen MR) is 105 cm³/mol. The fraction of sp³-hybridized carbons (Fsp3) is 0.316. The van der Waals surface area contributed by atoms with E-state index >= 15 is 0 Å². The molecular weight excluding hydrogens is 469 g/mol. The minimum absolute atomic E-state index is 0. The molecule has 12 nitrogen and oxygen atoms in total. The number of esters is 1. The number of rotatable bonds is 7. The number of fused-ring (bicyclic) bond motifs is 1. The van der Waals surface area contributed by atoms with Crippen molar-refractivity contribution in [2.75, 3.05) is 25.5 Å². The summed E-state index contributed by atoms with van der Waals surface area (Å²) in [6.45, 7) is 0.449. The first-order valence-electron chi connectivity index (χ1n) is 9.33. The van der Waals surface area contributed by atoms with Crippen LogP contribution in [0.2, 0.25) is 0 Å². The topological polar surface area (TPSA) is 172 Å². The Morgan fingerprint density at radius 3 is 2.64 bits per heavy atom. The summed E-state index contributed by atoms with van der Waals surface area (Å²) in [4.78, 5) is 51.9. The van der Waals surface area contributed by atoms with Crippen molar-refractivity contribution in [1.82, 2.24) is 15.2 Å². The van der Waals surface area contributed by atoms with Gasteiger partial charge in [-0.15, -0.1) is 0 Å². The summed E-state index contributed by atoms with van der Waals surface area (Å²) in [6.07, 6.45) is 1.63. The number of carboxylic acids is 1. The largest absolute Gasteiger partial charge is 1.00 e. The minimum Gasteiger partial charge on any atom is -0.543 e. The summed E-state index contributed by atoms with van der Waals surface area (Å²) in [6, 6.07) is 4.84. The molecule has 3 rings (SSSR count). The number of carbonyl (C=O) groups is 4. The molecule has 0 aliphatic carbocycles. The van der Waals surface area contributed by atoms with Gasteiger partial charge in [0.2, 0.25) is 0 Å². The second-order valence-corrected chi connectivity index (χ2v) is 8.72. The van der Waals surface area contributed by atoms with Gasteiger partial charge in [0.1, 0.15) is 13.2 Å². The summed E-state index contributed by atoms with van der Waals surface area (Å²) in [5, 5.41) is 12.3. The van der Waals surface area contributed by atoms with Crippen LogP contribution in [-0.2, 0) is 33.7 Å². The van der Waals surface area contributed by atoms with Crippen molar-refractivity contribution in [1.29, 1.82) is 0 Å². The van der Waals surface area contributed by atoms with Gasteiger partial charge >= 0.3 is 41.6 Å². The van der Waals surface area contributed by atoms with E-state index < -0.39 is 63.8 Å². The summed E-state index contributed by atoms with van der Waals surface area (Å²) in [5.74, 6) is -4.12. The van der Waals surface area contributed by atoms with Crippen LogP contribution in [-0.4, -0.2) is 73.1 Å². The average molecular weight is 487 g/mol. The monoisotopic (exact) mass is 487 g/mol. The Morgan fingerprint density at radius 1 is 1.30 bits per heavy atom. The van der Waals surface area contributed by atoms with Gasteiger partial charge < -0.3 is 24.7 Å². The first-order chi connectivity index (χ1) is 15.2. The molecule has 33 heavy (non-hydrogen) atoms. The fourth-order valence-corrected chi connectivity index (χ4v) is 5.17. The Bertz CT molecular complexity index is 1130. The molecule has 0 spiro atoms. The smallest absolute Gasteiger partial charge is 0.543 e. The van der Waals surface area contributed by atoms with Gasteiger partial charge in [-0.2, -0.15) is 0 Å². The Labute approximate surface area is 210 Å². The van der Waals surface area contributed by atoms with Crippen molar-refractivity contribution in [2.24, 2.45) is 0 Å². The molecule has 1 atom stereocenters. The van der Waals surface area contributed by atoms with Crippen LogP contribution in [0.15, 0.2) is 41.2 Å². The number of ether oxygens (including phenoxy) is 2. The number of aliphatic carboxylic acids is 1. The summed E-state index contributed by atoms with van der Waals surface area (Å²) in [5.41, 5.74) is -0.810. The molecule has 2 aliphatic heterocycles. The van der Waals surface area contributed by atoms with Crippen LogP contribution in [0.1, 0.15) is 12.6 Å². The van der Waals surface area contributed by atoms with Crippen LogP contribution >= 0.6 is 0 Å². The molecule has 0 unspecified atom stereocenters. The molecule has 0 saturated carbocycles. The van der Waals surface area contributed by atoms with Gasteiger partial charge in [0, 0.05) is 11.8 Å². The molecule has 1 aromatic heterocycles. The van der Waals surface area contributed by atoms with Crippen molar-refractivity contribution in [3.8, 4) is 0 Å². The van der Waals surface area contributed by atoms with Crippen LogP contribution in [0.5, 0.6) is 0 Å². The molecule has 0 radical (unpaired) electrons. The molecule has 3 heterocycles. The van der Waals surface area contributed by atoms with E-state index in [-0.39, 0.29) is 47.3 Å². The zero-order valence-corrected chi connectivity index (χ0v) is 20.6. The average Bonchev–Trinajstić information content (AvgIpc) is 2.74. The molecule has 2 aliphatic rings. The third kappa shape index (κ3) is 5.79. The van der Waals surface area contributed by atoms with E-state index in [0.717, 1.165) is 0 Å². The van der Waals surface area contributed by atoms with E-state index in [9.17, 15) is 32.7 Å². The molecule has 0 bridgehead atoms. The fourth-order valence-electron chi connectivity index (χ4n) is 3.22. The number of aromatic nitrogens is 1. The van der Waals surface area contributed by atoms with Gasteiger partial charge in [-0.1, -0.05) is 6.07 Å². The molecule has 1 aromatic rings. The van der Waals surface area contributed by atoms with Crippen LogP contribution in [0, 0.1) is 0 Å². The van der Waals surface area contributed by atoms with Crippen molar-refractivity contribution >= 4 is 39.9 Å². The van der Waals surface area contributed by atoms with Crippen molar-refractivity contribution in [3.63, 3.8) is 0 Å². The maximum atomic E-state index is 12.8. The molecule has 1 N–H and O–H groups in total. The third-order valence-corrected chi connectivity index (χ3v) is 6.40. The second-order valence-electron chi connectivity index (χ2n) is 6.66. The maximum absolute atomic E-state index is 12.8. The number of amides is 2. The summed E-state index contributed by atoms with van der Waals surface area (Å²) >= 11 is 0. The number of nitrogens with zero attached hydrogens (tertiary/aromatic N) is 2. The number of carboxylic acid groups (broad SMARTS) is 1. The zero-order valence-electron chi connectivity index (χ0n) is 17.8.